The van der Waals surface area contributed by atoms with E-state index in [9.17, 15) is 10.2 Å². The lowest BCUT2D eigenvalue weighted by Gasteiger charge is -2.36. The fraction of sp³-hybridized carbons (Fsp3) is 0.464. The van der Waals surface area contributed by atoms with Crippen LogP contribution in [-0.4, -0.2) is 73.4 Å². The Hall–Kier alpha value is -2.98. The highest BCUT2D eigenvalue weighted by molar-refractivity contribution is 6.32. The zero-order valence-electron chi connectivity index (χ0n) is 22.3. The number of rotatable bonds is 6. The average molecular weight is 537 g/mol. The highest BCUT2D eigenvalue weighted by Crippen LogP contribution is 2.41. The van der Waals surface area contributed by atoms with E-state index < -0.39 is 17.2 Å². The average Bonchev–Trinajstić information content (AvgIpc) is 3.26. The molecule has 200 valence electrons. The minimum Gasteiger partial charge on any atom is -0.390 e. The molecule has 2 aliphatic rings. The van der Waals surface area contributed by atoms with Crippen molar-refractivity contribution >= 4 is 34.9 Å². The standard InChI is InChI=1S/C28H33ClN6O3/c1-16-14-35(15-17(2)38-16)26-32-23(28(18(3)36)12-19(13-30-28)11-27(4,5)37)22-25(34-26)33-24(29)21(31-22)20-9-7-6-8-10-20/h6-10,12-13,16-18,36-37H,11,14-15H2,1-5H3. The van der Waals surface area contributed by atoms with Crippen molar-refractivity contribution in [3.05, 3.63) is 52.8 Å². The van der Waals surface area contributed by atoms with Crippen molar-refractivity contribution in [3.8, 4) is 11.3 Å². The highest BCUT2D eigenvalue weighted by Gasteiger charge is 2.43. The number of morpholine rings is 1. The Bertz CT molecular complexity index is 1400. The first-order valence-corrected chi connectivity index (χ1v) is 13.2. The number of halogens is 1. The van der Waals surface area contributed by atoms with Crippen LogP contribution < -0.4 is 4.90 Å². The van der Waals surface area contributed by atoms with Crippen LogP contribution in [0.3, 0.4) is 0 Å². The van der Waals surface area contributed by atoms with Crippen molar-refractivity contribution in [1.29, 1.82) is 0 Å². The fourth-order valence-corrected chi connectivity index (χ4v) is 5.39. The summed E-state index contributed by atoms with van der Waals surface area (Å²) in [5, 5.41) is 21.8. The number of hydrogen-bond donors (Lipinski definition) is 2. The van der Waals surface area contributed by atoms with Crippen LogP contribution in [0.15, 0.2) is 47.0 Å². The third-order valence-corrected chi connectivity index (χ3v) is 6.99. The van der Waals surface area contributed by atoms with E-state index in [1.807, 2.05) is 50.3 Å². The number of aliphatic hydroxyl groups excluding tert-OH is 1. The summed E-state index contributed by atoms with van der Waals surface area (Å²) in [6.07, 6.45) is 2.95. The number of aliphatic hydroxyl groups is 2. The van der Waals surface area contributed by atoms with Gasteiger partial charge in [0.15, 0.2) is 10.8 Å². The fourth-order valence-electron chi connectivity index (χ4n) is 5.16. The Morgan fingerprint density at radius 1 is 1.11 bits per heavy atom. The first kappa shape index (κ1) is 26.6. The van der Waals surface area contributed by atoms with Crippen molar-refractivity contribution in [1.82, 2.24) is 19.9 Å². The molecular formula is C28H33ClN6O3. The maximum absolute atomic E-state index is 11.2. The molecule has 1 saturated heterocycles. The molecule has 0 radical (unpaired) electrons. The lowest BCUT2D eigenvalue weighted by atomic mass is 9.87. The van der Waals surface area contributed by atoms with E-state index in [1.54, 1.807) is 27.0 Å². The Morgan fingerprint density at radius 2 is 1.79 bits per heavy atom. The number of fused-ring (bicyclic) bond motifs is 1. The van der Waals surface area contributed by atoms with Crippen LogP contribution in [0.5, 0.6) is 0 Å². The number of anilines is 1. The predicted molar refractivity (Wildman–Crippen MR) is 149 cm³/mol. The first-order chi connectivity index (χ1) is 17.9. The van der Waals surface area contributed by atoms with Crippen LogP contribution in [0.1, 0.15) is 46.7 Å². The second-order valence-electron chi connectivity index (χ2n) is 10.9. The molecule has 10 heteroatoms. The molecular weight excluding hydrogens is 504 g/mol. The van der Waals surface area contributed by atoms with E-state index >= 15 is 0 Å². The minimum atomic E-state index is -1.24. The molecule has 2 aliphatic heterocycles. The molecule has 9 nitrogen and oxygen atoms in total. The molecule has 4 heterocycles. The molecule has 1 fully saturated rings. The molecule has 0 amide bonds. The van der Waals surface area contributed by atoms with E-state index in [2.05, 4.69) is 9.88 Å². The van der Waals surface area contributed by atoms with Gasteiger partial charge in [0.25, 0.3) is 0 Å². The Labute approximate surface area is 227 Å². The van der Waals surface area contributed by atoms with Gasteiger partial charge in [0.1, 0.15) is 22.4 Å². The normalized spacial score (nSPS) is 24.6. The lowest BCUT2D eigenvalue weighted by Crippen LogP contribution is -2.46. The van der Waals surface area contributed by atoms with Gasteiger partial charge in [0.05, 0.1) is 23.9 Å². The van der Waals surface area contributed by atoms with Gasteiger partial charge in [-0.3, -0.25) is 4.99 Å². The molecule has 4 unspecified atom stereocenters. The van der Waals surface area contributed by atoms with Crippen LogP contribution in [-0.2, 0) is 10.3 Å². The lowest BCUT2D eigenvalue weighted by molar-refractivity contribution is -0.00574. The van der Waals surface area contributed by atoms with E-state index in [-0.39, 0.29) is 17.4 Å². The van der Waals surface area contributed by atoms with Gasteiger partial charge >= 0.3 is 0 Å². The van der Waals surface area contributed by atoms with E-state index in [1.165, 1.54) is 0 Å². The second kappa shape index (κ2) is 9.96. The molecule has 4 atom stereocenters. The SMILES string of the molecule is CC1CN(c2nc(C3(C(C)O)C=C(CC(C)(C)O)C=N3)c3nc(-c4ccccc4)c(Cl)nc3n2)CC(C)O1. The molecule has 1 aromatic carbocycles. The summed E-state index contributed by atoms with van der Waals surface area (Å²) in [5.41, 5.74) is 1.07. The summed E-state index contributed by atoms with van der Waals surface area (Å²) in [6, 6.07) is 9.55. The van der Waals surface area contributed by atoms with Gasteiger partial charge in [-0.1, -0.05) is 41.9 Å². The van der Waals surface area contributed by atoms with Crippen LogP contribution in [0.4, 0.5) is 5.95 Å². The van der Waals surface area contributed by atoms with Crippen LogP contribution in [0, 0.1) is 0 Å². The predicted octanol–water partition coefficient (Wildman–Crippen LogP) is 4.10. The monoisotopic (exact) mass is 536 g/mol. The zero-order valence-corrected chi connectivity index (χ0v) is 23.0. The van der Waals surface area contributed by atoms with Gasteiger partial charge in [0.2, 0.25) is 5.95 Å². The van der Waals surface area contributed by atoms with Gasteiger partial charge in [-0.2, -0.15) is 4.98 Å². The van der Waals surface area contributed by atoms with E-state index in [4.69, 9.17) is 36.3 Å². The number of nitrogens with zero attached hydrogens (tertiary/aromatic N) is 6. The summed E-state index contributed by atoms with van der Waals surface area (Å²) >= 11 is 6.64. The topological polar surface area (TPSA) is 117 Å². The third kappa shape index (κ3) is 5.16. The van der Waals surface area contributed by atoms with Crippen LogP contribution >= 0.6 is 11.6 Å². The summed E-state index contributed by atoms with van der Waals surface area (Å²) in [5.74, 6) is 0.451. The van der Waals surface area contributed by atoms with Gasteiger partial charge in [-0.05, 0) is 46.3 Å². The Balaban J connectivity index is 1.75. The molecule has 0 spiro atoms. The van der Waals surface area contributed by atoms with Crippen LogP contribution in [0.2, 0.25) is 5.15 Å². The smallest absolute Gasteiger partial charge is 0.228 e. The van der Waals surface area contributed by atoms with Gasteiger partial charge in [-0.25, -0.2) is 15.0 Å². The minimum absolute atomic E-state index is 0.00913. The Morgan fingerprint density at radius 3 is 2.42 bits per heavy atom. The van der Waals surface area contributed by atoms with Crippen molar-refractivity contribution in [2.45, 2.75) is 70.5 Å². The molecule has 38 heavy (non-hydrogen) atoms. The molecule has 0 aliphatic carbocycles. The summed E-state index contributed by atoms with van der Waals surface area (Å²) in [7, 11) is 0. The molecule has 3 aromatic rings. The number of hydrogen-bond acceptors (Lipinski definition) is 9. The van der Waals surface area contributed by atoms with E-state index in [0.717, 1.165) is 11.1 Å². The van der Waals surface area contributed by atoms with Crippen molar-refractivity contribution in [2.75, 3.05) is 18.0 Å². The van der Waals surface area contributed by atoms with Crippen LogP contribution in [0.25, 0.3) is 22.4 Å². The quantitative estimate of drug-likeness (QED) is 0.483. The maximum atomic E-state index is 11.2. The molecule has 2 aromatic heterocycles. The van der Waals surface area contributed by atoms with Gasteiger partial charge in [0, 0.05) is 31.3 Å². The van der Waals surface area contributed by atoms with Gasteiger partial charge < -0.3 is 19.8 Å². The summed E-state index contributed by atoms with van der Waals surface area (Å²) in [4.78, 5) is 26.2. The van der Waals surface area contributed by atoms with Crippen molar-refractivity contribution in [3.63, 3.8) is 0 Å². The largest absolute Gasteiger partial charge is 0.390 e. The molecule has 2 N–H and O–H groups in total. The van der Waals surface area contributed by atoms with Crippen molar-refractivity contribution < 1.29 is 14.9 Å². The number of benzene rings is 1. The molecule has 5 rings (SSSR count). The Kier molecular flexibility index (Phi) is 6.98. The summed E-state index contributed by atoms with van der Waals surface area (Å²) < 4.78 is 5.91. The molecule has 0 saturated carbocycles. The number of ether oxygens (including phenoxy) is 1. The molecule has 0 bridgehead atoms. The number of aliphatic imine (C=N–C) groups is 1. The highest BCUT2D eigenvalue weighted by atomic mass is 35.5. The first-order valence-electron chi connectivity index (χ1n) is 12.8. The van der Waals surface area contributed by atoms with Crippen molar-refractivity contribution in [2.24, 2.45) is 4.99 Å². The zero-order chi connectivity index (χ0) is 27.2. The summed E-state index contributed by atoms with van der Waals surface area (Å²) in [6.45, 7) is 10.4. The third-order valence-electron chi connectivity index (χ3n) is 6.73. The van der Waals surface area contributed by atoms with Gasteiger partial charge in [-0.15, -0.1) is 0 Å². The maximum Gasteiger partial charge on any atom is 0.228 e. The number of aromatic nitrogens is 4. The second-order valence-corrected chi connectivity index (χ2v) is 11.3. The van der Waals surface area contributed by atoms with E-state index in [0.29, 0.717) is 48.0 Å².